The fraction of sp³-hybridized carbons (Fsp3) is 0.900. The van der Waals surface area contributed by atoms with Crippen LogP contribution in [0.4, 0.5) is 0 Å². The lowest BCUT2D eigenvalue weighted by molar-refractivity contribution is -0.127. The summed E-state index contributed by atoms with van der Waals surface area (Å²) in [5.74, 6) is 0.846. The minimum Gasteiger partial charge on any atom is -0.342 e. The van der Waals surface area contributed by atoms with Crippen molar-refractivity contribution in [2.45, 2.75) is 25.7 Å². The lowest BCUT2D eigenvalue weighted by atomic mass is 10.2. The third kappa shape index (κ3) is 3.58. The smallest absolute Gasteiger partial charge is 0.222 e. The zero-order chi connectivity index (χ0) is 10.4. The van der Waals surface area contributed by atoms with E-state index >= 15 is 0 Å². The van der Waals surface area contributed by atoms with E-state index in [0.29, 0.717) is 11.8 Å². The molecule has 14 heavy (non-hydrogen) atoms. The zero-order valence-electron chi connectivity index (χ0n) is 8.54. The van der Waals surface area contributed by atoms with Crippen molar-refractivity contribution in [3.63, 3.8) is 0 Å². The highest BCUT2D eigenvalue weighted by atomic mass is 79.9. The molecule has 4 heteroatoms. The van der Waals surface area contributed by atoms with Gasteiger partial charge in [0.05, 0.1) is 0 Å². The number of nitrogens with zero attached hydrogens (tertiary/aromatic N) is 1. The molecule has 1 rings (SSSR count). The number of likely N-dealkylation sites (tertiary alicyclic amines) is 1. The third-order valence-electron chi connectivity index (χ3n) is 2.64. The molecule has 1 saturated heterocycles. The standard InChI is InChI=1S/C10H19BrN2O/c11-7-9-6-10(14)13(8-9)5-3-1-2-4-12/h9H,1-8,12H2. The Hall–Kier alpha value is -0.0900. The molecule has 82 valence electrons. The molecule has 1 amide bonds. The molecule has 1 fully saturated rings. The number of hydrogen-bond acceptors (Lipinski definition) is 2. The summed E-state index contributed by atoms with van der Waals surface area (Å²) in [6.45, 7) is 2.62. The van der Waals surface area contributed by atoms with E-state index in [1.54, 1.807) is 0 Å². The molecule has 0 saturated carbocycles. The van der Waals surface area contributed by atoms with Crippen molar-refractivity contribution in [1.82, 2.24) is 4.90 Å². The molecule has 0 spiro atoms. The molecule has 0 radical (unpaired) electrons. The maximum Gasteiger partial charge on any atom is 0.222 e. The van der Waals surface area contributed by atoms with Gasteiger partial charge in [-0.1, -0.05) is 22.4 Å². The number of carbonyl (C=O) groups excluding carboxylic acids is 1. The number of unbranched alkanes of at least 4 members (excludes halogenated alkanes) is 2. The Balaban J connectivity index is 2.15. The largest absolute Gasteiger partial charge is 0.342 e. The van der Waals surface area contributed by atoms with Gasteiger partial charge in [0.15, 0.2) is 0 Å². The number of hydrogen-bond donors (Lipinski definition) is 1. The predicted molar refractivity (Wildman–Crippen MR) is 61.4 cm³/mol. The number of carbonyl (C=O) groups is 1. The first-order chi connectivity index (χ1) is 6.77. The summed E-state index contributed by atoms with van der Waals surface area (Å²) < 4.78 is 0. The summed E-state index contributed by atoms with van der Waals surface area (Å²) in [7, 11) is 0. The number of halogens is 1. The first-order valence-corrected chi connectivity index (χ1v) is 6.44. The summed E-state index contributed by atoms with van der Waals surface area (Å²) in [6.07, 6.45) is 4.03. The minimum atomic E-state index is 0.321. The molecular formula is C10H19BrN2O. The average molecular weight is 263 g/mol. The fourth-order valence-electron chi connectivity index (χ4n) is 1.80. The van der Waals surface area contributed by atoms with E-state index in [4.69, 9.17) is 5.73 Å². The molecule has 1 unspecified atom stereocenters. The second-order valence-corrected chi connectivity index (χ2v) is 4.56. The van der Waals surface area contributed by atoms with Gasteiger partial charge in [0.1, 0.15) is 0 Å². The Labute approximate surface area is 94.1 Å². The summed E-state index contributed by atoms with van der Waals surface area (Å²) >= 11 is 3.43. The lowest BCUT2D eigenvalue weighted by Gasteiger charge is -2.15. The molecule has 1 heterocycles. The fourth-order valence-corrected chi connectivity index (χ4v) is 2.23. The average Bonchev–Trinajstić information content (AvgIpc) is 2.54. The van der Waals surface area contributed by atoms with Crippen LogP contribution in [-0.2, 0) is 4.79 Å². The quantitative estimate of drug-likeness (QED) is 0.581. The van der Waals surface area contributed by atoms with Gasteiger partial charge in [-0.15, -0.1) is 0 Å². The van der Waals surface area contributed by atoms with Crippen LogP contribution in [-0.4, -0.2) is 35.8 Å². The Bertz CT molecular complexity index is 187. The Morgan fingerprint density at radius 3 is 2.79 bits per heavy atom. The van der Waals surface area contributed by atoms with E-state index in [1.807, 2.05) is 4.90 Å². The van der Waals surface area contributed by atoms with Crippen LogP contribution in [0.2, 0.25) is 0 Å². The summed E-state index contributed by atoms with van der Waals surface area (Å²) in [4.78, 5) is 13.5. The molecule has 0 aromatic carbocycles. The van der Waals surface area contributed by atoms with Crippen LogP contribution in [0.25, 0.3) is 0 Å². The monoisotopic (exact) mass is 262 g/mol. The SMILES string of the molecule is NCCCCCN1CC(CBr)CC1=O. The number of nitrogens with two attached hydrogens (primary N) is 1. The number of alkyl halides is 1. The Kier molecular flexibility index (Phi) is 5.48. The van der Waals surface area contributed by atoms with Crippen LogP contribution < -0.4 is 5.73 Å². The normalized spacial score (nSPS) is 22.0. The van der Waals surface area contributed by atoms with Gasteiger partial charge in [0, 0.05) is 24.8 Å². The minimum absolute atomic E-state index is 0.321. The molecule has 0 aromatic rings. The van der Waals surface area contributed by atoms with Crippen molar-refractivity contribution < 1.29 is 4.79 Å². The van der Waals surface area contributed by atoms with Crippen LogP contribution in [0.1, 0.15) is 25.7 Å². The van der Waals surface area contributed by atoms with Gasteiger partial charge in [-0.05, 0) is 25.3 Å². The van der Waals surface area contributed by atoms with Crippen molar-refractivity contribution >= 4 is 21.8 Å². The molecule has 1 atom stereocenters. The Morgan fingerprint density at radius 2 is 2.21 bits per heavy atom. The van der Waals surface area contributed by atoms with Crippen molar-refractivity contribution in [3.05, 3.63) is 0 Å². The molecular weight excluding hydrogens is 244 g/mol. The van der Waals surface area contributed by atoms with E-state index in [9.17, 15) is 4.79 Å². The van der Waals surface area contributed by atoms with E-state index < -0.39 is 0 Å². The van der Waals surface area contributed by atoms with Gasteiger partial charge < -0.3 is 10.6 Å². The topological polar surface area (TPSA) is 46.3 Å². The van der Waals surface area contributed by atoms with Crippen LogP contribution in [0.5, 0.6) is 0 Å². The summed E-state index contributed by atoms with van der Waals surface area (Å²) in [5, 5.41) is 0.942. The molecule has 1 aliphatic rings. The van der Waals surface area contributed by atoms with E-state index in [2.05, 4.69) is 15.9 Å². The van der Waals surface area contributed by atoms with Crippen molar-refractivity contribution in [1.29, 1.82) is 0 Å². The first kappa shape index (κ1) is 12.0. The van der Waals surface area contributed by atoms with Crippen molar-refractivity contribution in [2.75, 3.05) is 25.0 Å². The highest BCUT2D eigenvalue weighted by molar-refractivity contribution is 9.09. The first-order valence-electron chi connectivity index (χ1n) is 5.31. The zero-order valence-corrected chi connectivity index (χ0v) is 10.1. The second-order valence-electron chi connectivity index (χ2n) is 3.91. The maximum absolute atomic E-state index is 11.5. The van der Waals surface area contributed by atoms with Gasteiger partial charge in [0.2, 0.25) is 5.91 Å². The highest BCUT2D eigenvalue weighted by Crippen LogP contribution is 2.19. The van der Waals surface area contributed by atoms with Crippen molar-refractivity contribution in [2.24, 2.45) is 11.7 Å². The summed E-state index contributed by atoms with van der Waals surface area (Å²) in [5.41, 5.74) is 5.41. The molecule has 2 N–H and O–H groups in total. The van der Waals surface area contributed by atoms with Gasteiger partial charge >= 0.3 is 0 Å². The summed E-state index contributed by atoms with van der Waals surface area (Å²) in [6, 6.07) is 0. The van der Waals surface area contributed by atoms with Gasteiger partial charge in [-0.2, -0.15) is 0 Å². The Morgan fingerprint density at radius 1 is 1.43 bits per heavy atom. The molecule has 1 aliphatic heterocycles. The molecule has 0 aromatic heterocycles. The molecule has 0 bridgehead atoms. The van der Waals surface area contributed by atoms with Crippen molar-refractivity contribution in [3.8, 4) is 0 Å². The lowest BCUT2D eigenvalue weighted by Crippen LogP contribution is -2.26. The van der Waals surface area contributed by atoms with Gasteiger partial charge in [0.25, 0.3) is 0 Å². The highest BCUT2D eigenvalue weighted by Gasteiger charge is 2.27. The van der Waals surface area contributed by atoms with Crippen LogP contribution >= 0.6 is 15.9 Å². The second kappa shape index (κ2) is 6.40. The van der Waals surface area contributed by atoms with Crippen LogP contribution in [0.15, 0.2) is 0 Å². The van der Waals surface area contributed by atoms with Gasteiger partial charge in [-0.3, -0.25) is 4.79 Å². The number of amides is 1. The van der Waals surface area contributed by atoms with Crippen LogP contribution in [0.3, 0.4) is 0 Å². The molecule has 0 aliphatic carbocycles. The van der Waals surface area contributed by atoms with E-state index in [0.717, 1.165) is 50.6 Å². The van der Waals surface area contributed by atoms with E-state index in [-0.39, 0.29) is 0 Å². The molecule has 3 nitrogen and oxygen atoms in total. The predicted octanol–water partition coefficient (Wildman–Crippen LogP) is 1.36. The number of rotatable bonds is 6. The van der Waals surface area contributed by atoms with Gasteiger partial charge in [-0.25, -0.2) is 0 Å². The third-order valence-corrected chi connectivity index (χ3v) is 3.56. The van der Waals surface area contributed by atoms with Crippen LogP contribution in [0, 0.1) is 5.92 Å². The maximum atomic E-state index is 11.5. The van der Waals surface area contributed by atoms with E-state index in [1.165, 1.54) is 0 Å².